The van der Waals surface area contributed by atoms with Crippen LogP contribution in [0, 0.1) is 0 Å². The number of hydrogen-bond acceptors (Lipinski definition) is 5. The molecule has 0 bridgehead atoms. The zero-order valence-electron chi connectivity index (χ0n) is 21.2. The topological polar surface area (TPSA) is 45.2 Å². The number of hydrogen-bond donors (Lipinski definition) is 1. The molecule has 0 amide bonds. The summed E-state index contributed by atoms with van der Waals surface area (Å²) in [4.78, 5) is 2.82. The van der Waals surface area contributed by atoms with Gasteiger partial charge in [-0.05, 0) is 47.5 Å². The average Bonchev–Trinajstić information content (AvgIpc) is 2.88. The van der Waals surface area contributed by atoms with Crippen molar-refractivity contribution < 1.29 is 58.5 Å². The number of β-amino-alcohol motifs (C(OH)–C–C–N with tert-alkyl or cyclic N) is 1. The molecule has 0 fully saturated rings. The summed E-state index contributed by atoms with van der Waals surface area (Å²) in [7, 11) is 0. The summed E-state index contributed by atoms with van der Waals surface area (Å²) >= 11 is 0. The van der Waals surface area contributed by atoms with Crippen molar-refractivity contribution in [3.63, 3.8) is 0 Å². The van der Waals surface area contributed by atoms with E-state index in [2.05, 4.69) is 9.47 Å². The summed E-state index contributed by atoms with van der Waals surface area (Å²) in [5.74, 6) is -1.18. The number of aliphatic hydroxyl groups excluding tert-OH is 1. The molecule has 0 aliphatic carbocycles. The van der Waals surface area contributed by atoms with Gasteiger partial charge in [0, 0.05) is 13.1 Å². The van der Waals surface area contributed by atoms with E-state index in [-0.39, 0.29) is 24.3 Å². The summed E-state index contributed by atoms with van der Waals surface area (Å²) < 4.78 is 139. The van der Waals surface area contributed by atoms with Crippen LogP contribution in [0.3, 0.4) is 0 Å². The fourth-order valence-corrected chi connectivity index (χ4v) is 4.55. The van der Waals surface area contributed by atoms with Crippen LogP contribution in [0.5, 0.6) is 11.5 Å². The number of rotatable bonds is 9. The minimum absolute atomic E-state index is 0.0577. The summed E-state index contributed by atoms with van der Waals surface area (Å²) in [5, 5.41) is 9.93. The van der Waals surface area contributed by atoms with Crippen molar-refractivity contribution in [3.8, 4) is 11.5 Å². The zero-order chi connectivity index (χ0) is 30.9. The number of fused-ring (bicyclic) bond motifs is 1. The monoisotopic (exact) mass is 612 g/mol. The van der Waals surface area contributed by atoms with Crippen molar-refractivity contribution in [3.05, 3.63) is 83.9 Å². The van der Waals surface area contributed by atoms with Gasteiger partial charge in [0.1, 0.15) is 11.5 Å². The molecule has 1 heterocycles. The predicted molar refractivity (Wildman–Crippen MR) is 131 cm³/mol. The molecule has 1 N–H and O–H groups in total. The first-order chi connectivity index (χ1) is 19.5. The third kappa shape index (κ3) is 7.49. The Balaban J connectivity index is 1.74. The van der Waals surface area contributed by atoms with E-state index in [4.69, 9.17) is 0 Å². The second-order valence-electron chi connectivity index (χ2n) is 9.33. The molecule has 4 rings (SSSR count). The normalized spacial score (nSPS) is 16.8. The number of benzene rings is 3. The number of aliphatic hydroxyl groups is 1. The quantitative estimate of drug-likeness (QED) is 0.257. The lowest BCUT2D eigenvalue weighted by atomic mass is 9.98. The van der Waals surface area contributed by atoms with Gasteiger partial charge < -0.3 is 24.4 Å². The van der Waals surface area contributed by atoms with Crippen molar-refractivity contribution in [1.29, 1.82) is 0 Å². The maximum atomic E-state index is 13.6. The van der Waals surface area contributed by atoms with Crippen molar-refractivity contribution in [2.45, 2.75) is 43.8 Å². The van der Waals surface area contributed by atoms with Crippen LogP contribution in [0.1, 0.15) is 17.2 Å². The van der Waals surface area contributed by atoms with Gasteiger partial charge in [0.2, 0.25) is 0 Å². The van der Waals surface area contributed by atoms with E-state index in [1.807, 2.05) is 0 Å². The minimum Gasteiger partial charge on any atom is -0.428 e. The molecule has 0 radical (unpaired) electrons. The Labute approximate surface area is 232 Å². The van der Waals surface area contributed by atoms with E-state index in [9.17, 15) is 49.0 Å². The maximum Gasteiger partial charge on any atom is 0.573 e. The second kappa shape index (κ2) is 11.8. The van der Waals surface area contributed by atoms with Gasteiger partial charge in [-0.25, -0.2) is 0 Å². The van der Waals surface area contributed by atoms with E-state index >= 15 is 0 Å². The maximum absolute atomic E-state index is 13.6. The smallest absolute Gasteiger partial charge is 0.428 e. The van der Waals surface area contributed by atoms with Crippen LogP contribution in [-0.2, 0) is 6.54 Å². The Hall–Kier alpha value is -3.88. The molecular formula is C27H22F10N2O3. The number of halogens is 10. The van der Waals surface area contributed by atoms with Gasteiger partial charge >= 0.3 is 25.1 Å². The fraction of sp³-hybridized carbons (Fsp3) is 0.333. The van der Waals surface area contributed by atoms with Gasteiger partial charge in [0.05, 0.1) is 24.0 Å². The first-order valence-corrected chi connectivity index (χ1v) is 12.2. The molecule has 15 heteroatoms. The Morgan fingerprint density at radius 3 is 2.02 bits per heavy atom. The average molecular weight is 612 g/mol. The molecule has 3 aromatic rings. The van der Waals surface area contributed by atoms with Gasteiger partial charge in [-0.15, -0.1) is 13.2 Å². The molecule has 3 aromatic carbocycles. The van der Waals surface area contributed by atoms with Crippen LogP contribution in [-0.4, -0.2) is 49.4 Å². The molecule has 1 aliphatic rings. The van der Waals surface area contributed by atoms with Crippen LogP contribution >= 0.6 is 0 Å². The Morgan fingerprint density at radius 1 is 0.786 bits per heavy atom. The molecule has 0 saturated carbocycles. The number of nitrogens with zero attached hydrogens (tertiary/aromatic N) is 2. The highest BCUT2D eigenvalue weighted by atomic mass is 19.4. The number of alkyl halides is 10. The highest BCUT2D eigenvalue weighted by Crippen LogP contribution is 2.43. The van der Waals surface area contributed by atoms with Crippen molar-refractivity contribution >= 4 is 11.4 Å². The third-order valence-corrected chi connectivity index (χ3v) is 6.31. The Kier molecular flexibility index (Phi) is 8.71. The van der Waals surface area contributed by atoms with Crippen molar-refractivity contribution in [2.75, 3.05) is 22.9 Å². The Morgan fingerprint density at radius 2 is 1.40 bits per heavy atom. The van der Waals surface area contributed by atoms with Crippen LogP contribution in [0.15, 0.2) is 72.8 Å². The van der Waals surface area contributed by atoms with Gasteiger partial charge in [0.15, 0.2) is 6.10 Å². The summed E-state index contributed by atoms with van der Waals surface area (Å²) in [6.45, 7) is -1.19. The third-order valence-electron chi connectivity index (χ3n) is 6.31. The second-order valence-corrected chi connectivity index (χ2v) is 9.33. The van der Waals surface area contributed by atoms with Crippen LogP contribution in [0.25, 0.3) is 0 Å². The van der Waals surface area contributed by atoms with E-state index in [0.29, 0.717) is 11.3 Å². The lowest BCUT2D eigenvalue weighted by molar-refractivity contribution is -0.274. The molecule has 42 heavy (non-hydrogen) atoms. The highest BCUT2D eigenvalue weighted by molar-refractivity contribution is 5.75. The van der Waals surface area contributed by atoms with E-state index < -0.39 is 55.3 Å². The minimum atomic E-state index is -5.01. The summed E-state index contributed by atoms with van der Waals surface area (Å²) in [6, 6.07) is 14.5. The number of ether oxygens (including phenoxy) is 2. The summed E-state index contributed by atoms with van der Waals surface area (Å²) in [5.41, 5.74) is 0.967. The molecular weight excluding hydrogens is 590 g/mol. The van der Waals surface area contributed by atoms with Gasteiger partial charge in [-0.2, -0.15) is 30.7 Å². The first kappa shape index (κ1) is 31.1. The lowest BCUT2D eigenvalue weighted by Crippen LogP contribution is -2.49. The Bertz CT molecular complexity index is 1370. The van der Waals surface area contributed by atoms with Crippen molar-refractivity contribution in [1.82, 2.24) is 0 Å². The molecule has 0 unspecified atom stereocenters. The molecule has 0 aromatic heterocycles. The van der Waals surface area contributed by atoms with E-state index in [1.165, 1.54) is 41.3 Å². The molecule has 5 nitrogen and oxygen atoms in total. The first-order valence-electron chi connectivity index (χ1n) is 12.2. The highest BCUT2D eigenvalue weighted by Gasteiger charge is 2.45. The number of para-hydroxylation sites is 2. The van der Waals surface area contributed by atoms with E-state index in [1.54, 1.807) is 17.0 Å². The molecule has 0 saturated heterocycles. The summed E-state index contributed by atoms with van der Waals surface area (Å²) in [6.07, 6.45) is -21.8. The predicted octanol–water partition coefficient (Wildman–Crippen LogP) is 7.31. The molecule has 2 atom stereocenters. The lowest BCUT2D eigenvalue weighted by Gasteiger charge is -2.45. The standard InChI is InChI=1S/C27H22F10N2O3/c28-24(29)26(33,34)41-19-8-4-6-17(12-19)22-14-38(13-16-5-3-7-18(11-16)42-27(35,36)37)20-9-1-2-10-21(20)39(22)15-23(40)25(30,31)32/h1-12,22-24,40H,13-15H2/t22-,23+/m1/s1. The van der Waals surface area contributed by atoms with Gasteiger partial charge in [-0.3, -0.25) is 0 Å². The number of anilines is 2. The van der Waals surface area contributed by atoms with Crippen LogP contribution in [0.4, 0.5) is 55.3 Å². The fourth-order valence-electron chi connectivity index (χ4n) is 4.55. The van der Waals surface area contributed by atoms with Crippen LogP contribution < -0.4 is 19.3 Å². The zero-order valence-corrected chi connectivity index (χ0v) is 21.2. The SMILES string of the molecule is O[C@@H](CN1c2ccccc2N(Cc2cccc(OC(F)(F)F)c2)C[C@@H]1c1cccc(OC(F)(F)C(F)F)c1)C(F)(F)F. The molecule has 0 spiro atoms. The van der Waals surface area contributed by atoms with Crippen molar-refractivity contribution in [2.24, 2.45) is 0 Å². The largest absolute Gasteiger partial charge is 0.573 e. The molecule has 228 valence electrons. The van der Waals surface area contributed by atoms with Gasteiger partial charge in [-0.1, -0.05) is 36.4 Å². The van der Waals surface area contributed by atoms with Crippen LogP contribution in [0.2, 0.25) is 0 Å². The molecule has 1 aliphatic heterocycles. The van der Waals surface area contributed by atoms with Gasteiger partial charge in [0.25, 0.3) is 0 Å². The van der Waals surface area contributed by atoms with E-state index in [0.717, 1.165) is 24.3 Å².